The summed E-state index contributed by atoms with van der Waals surface area (Å²) in [5.41, 5.74) is -0.952. The third-order valence-corrected chi connectivity index (χ3v) is 6.34. The van der Waals surface area contributed by atoms with Crippen LogP contribution in [0, 0.1) is 5.92 Å². The van der Waals surface area contributed by atoms with Gasteiger partial charge >= 0.3 is 12.1 Å². The van der Waals surface area contributed by atoms with Gasteiger partial charge in [-0.05, 0) is 37.8 Å². The molecule has 1 amide bonds. The van der Waals surface area contributed by atoms with Crippen molar-refractivity contribution in [3.05, 3.63) is 18.0 Å². The zero-order valence-electron chi connectivity index (χ0n) is 17.7. The molecule has 9 nitrogen and oxygen atoms in total. The lowest BCUT2D eigenvalue weighted by Gasteiger charge is -2.38. The average Bonchev–Trinajstić information content (AvgIpc) is 3.23. The van der Waals surface area contributed by atoms with E-state index in [1.54, 1.807) is 6.07 Å². The Kier molecular flexibility index (Phi) is 5.95. The molecule has 4 rings (SSSR count). The Bertz CT molecular complexity index is 994. The summed E-state index contributed by atoms with van der Waals surface area (Å²) in [7, 11) is 1.33. The summed E-state index contributed by atoms with van der Waals surface area (Å²) in [5, 5.41) is 13.7. The van der Waals surface area contributed by atoms with Crippen LogP contribution in [0.4, 0.5) is 19.0 Å². The van der Waals surface area contributed by atoms with Gasteiger partial charge in [-0.25, -0.2) is 4.79 Å². The Morgan fingerprint density at radius 3 is 2.44 bits per heavy atom. The molecule has 1 N–H and O–H groups in total. The Morgan fingerprint density at radius 2 is 1.81 bits per heavy atom. The average molecular weight is 454 g/mol. The summed E-state index contributed by atoms with van der Waals surface area (Å²) in [4.78, 5) is 27.1. The fourth-order valence-corrected chi connectivity index (χ4v) is 4.56. The molecule has 32 heavy (non-hydrogen) atoms. The van der Waals surface area contributed by atoms with Gasteiger partial charge in [0.05, 0.1) is 7.11 Å². The van der Waals surface area contributed by atoms with Gasteiger partial charge < -0.3 is 15.0 Å². The number of alkyl halides is 3. The number of nitrogens with one attached hydrogen (secondary N) is 1. The second kappa shape index (κ2) is 8.55. The molecule has 1 saturated carbocycles. The largest absolute Gasteiger partial charge is 0.467 e. The number of rotatable bonds is 4. The number of hydrogen-bond acceptors (Lipinski definition) is 7. The van der Waals surface area contributed by atoms with Crippen molar-refractivity contribution in [1.82, 2.24) is 25.1 Å². The third-order valence-electron chi connectivity index (χ3n) is 6.34. The van der Waals surface area contributed by atoms with Crippen molar-refractivity contribution in [3.63, 3.8) is 0 Å². The first-order chi connectivity index (χ1) is 15.2. The smallest absolute Gasteiger partial charge is 0.453 e. The minimum absolute atomic E-state index is 0.0101. The summed E-state index contributed by atoms with van der Waals surface area (Å²) in [6.07, 6.45) is 0.186. The third kappa shape index (κ3) is 4.22. The number of carbonyl (C=O) groups excluding carboxylic acids is 2. The van der Waals surface area contributed by atoms with Gasteiger partial charge in [0.1, 0.15) is 11.4 Å². The number of aromatic nitrogens is 4. The summed E-state index contributed by atoms with van der Waals surface area (Å²) in [5.74, 6) is -1.70. The lowest BCUT2D eigenvalue weighted by molar-refractivity contribution is -0.153. The second-order valence-corrected chi connectivity index (χ2v) is 8.37. The summed E-state index contributed by atoms with van der Waals surface area (Å²) in [6.45, 7) is 0.899. The van der Waals surface area contributed by atoms with E-state index < -0.39 is 23.5 Å². The van der Waals surface area contributed by atoms with Crippen molar-refractivity contribution in [2.45, 2.75) is 56.7 Å². The van der Waals surface area contributed by atoms with Crippen LogP contribution >= 0.6 is 0 Å². The monoisotopic (exact) mass is 454 g/mol. The number of halogens is 3. The molecular weight excluding hydrogens is 429 g/mol. The molecule has 2 aliphatic rings. The van der Waals surface area contributed by atoms with E-state index in [1.807, 2.05) is 4.90 Å². The van der Waals surface area contributed by atoms with Crippen molar-refractivity contribution in [3.8, 4) is 0 Å². The maximum absolute atomic E-state index is 13.1. The van der Waals surface area contributed by atoms with E-state index in [0.717, 1.165) is 19.3 Å². The van der Waals surface area contributed by atoms with E-state index in [0.29, 0.717) is 49.1 Å². The van der Waals surface area contributed by atoms with Crippen LogP contribution < -0.4 is 10.2 Å². The zero-order chi connectivity index (χ0) is 22.9. The van der Waals surface area contributed by atoms with Crippen LogP contribution in [0.3, 0.4) is 0 Å². The molecule has 12 heteroatoms. The molecule has 1 saturated heterocycles. The number of nitrogens with zero attached hydrogens (tertiary/aromatic N) is 5. The molecule has 2 aromatic rings. The van der Waals surface area contributed by atoms with Gasteiger partial charge in [0, 0.05) is 19.0 Å². The first-order valence-electron chi connectivity index (χ1n) is 10.7. The number of methoxy groups -OCH3 is 1. The van der Waals surface area contributed by atoms with Gasteiger partial charge in [-0.2, -0.15) is 17.7 Å². The van der Waals surface area contributed by atoms with Crippen LogP contribution in [-0.4, -0.2) is 57.4 Å². The molecule has 0 bridgehead atoms. The molecule has 0 spiro atoms. The van der Waals surface area contributed by atoms with Crippen LogP contribution in [0.15, 0.2) is 12.1 Å². The van der Waals surface area contributed by atoms with Gasteiger partial charge in [-0.3, -0.25) is 4.79 Å². The Hall–Kier alpha value is -2.92. The highest BCUT2D eigenvalue weighted by Gasteiger charge is 2.43. The minimum Gasteiger partial charge on any atom is -0.467 e. The number of carbonyl (C=O) groups is 2. The fraction of sp³-hybridized carbons (Fsp3) is 0.650. The van der Waals surface area contributed by atoms with Crippen LogP contribution in [0.25, 0.3) is 5.65 Å². The van der Waals surface area contributed by atoms with Gasteiger partial charge in [-0.1, -0.05) is 19.3 Å². The predicted molar refractivity (Wildman–Crippen MR) is 107 cm³/mol. The van der Waals surface area contributed by atoms with Crippen molar-refractivity contribution in [2.75, 3.05) is 25.1 Å². The highest BCUT2D eigenvalue weighted by Crippen LogP contribution is 2.31. The summed E-state index contributed by atoms with van der Waals surface area (Å²) >= 11 is 0. The molecule has 1 aliphatic heterocycles. The Morgan fingerprint density at radius 1 is 1.12 bits per heavy atom. The van der Waals surface area contributed by atoms with E-state index in [2.05, 4.69) is 20.6 Å². The van der Waals surface area contributed by atoms with E-state index >= 15 is 0 Å². The number of hydrogen-bond donors (Lipinski definition) is 1. The van der Waals surface area contributed by atoms with Crippen molar-refractivity contribution in [1.29, 1.82) is 0 Å². The lowest BCUT2D eigenvalue weighted by atomic mass is 9.81. The lowest BCUT2D eigenvalue weighted by Crippen LogP contribution is -2.58. The van der Waals surface area contributed by atoms with E-state index in [1.165, 1.54) is 13.2 Å². The Balaban J connectivity index is 1.42. The summed E-state index contributed by atoms with van der Waals surface area (Å²) < 4.78 is 45.0. The fourth-order valence-electron chi connectivity index (χ4n) is 4.56. The molecule has 3 heterocycles. The number of amides is 1. The van der Waals surface area contributed by atoms with Crippen molar-refractivity contribution in [2.24, 2.45) is 5.92 Å². The van der Waals surface area contributed by atoms with Crippen LogP contribution in [-0.2, 0) is 20.5 Å². The first kappa shape index (κ1) is 22.3. The Labute approximate surface area is 182 Å². The second-order valence-electron chi connectivity index (χ2n) is 8.37. The zero-order valence-corrected chi connectivity index (χ0v) is 17.7. The maximum atomic E-state index is 13.1. The van der Waals surface area contributed by atoms with E-state index in [4.69, 9.17) is 4.74 Å². The molecule has 1 aliphatic carbocycles. The minimum atomic E-state index is -4.66. The number of fused-ring (bicyclic) bond motifs is 1. The molecule has 174 valence electrons. The van der Waals surface area contributed by atoms with Crippen molar-refractivity contribution < 1.29 is 27.5 Å². The number of anilines is 1. The van der Waals surface area contributed by atoms with Crippen LogP contribution in [0.2, 0.25) is 0 Å². The van der Waals surface area contributed by atoms with Gasteiger partial charge in [0.25, 0.3) is 5.82 Å². The topological polar surface area (TPSA) is 102 Å². The number of ether oxygens (including phenoxy) is 1. The van der Waals surface area contributed by atoms with E-state index in [-0.39, 0.29) is 17.5 Å². The molecule has 0 aromatic carbocycles. The highest BCUT2D eigenvalue weighted by atomic mass is 19.4. The number of piperidine rings is 1. The predicted octanol–water partition coefficient (Wildman–Crippen LogP) is 2.35. The number of esters is 1. The molecule has 0 radical (unpaired) electrons. The van der Waals surface area contributed by atoms with Crippen LogP contribution in [0.1, 0.15) is 50.8 Å². The quantitative estimate of drug-likeness (QED) is 0.708. The molecule has 0 atom stereocenters. The van der Waals surface area contributed by atoms with E-state index in [9.17, 15) is 22.8 Å². The SMILES string of the molecule is COC(=O)C1(NC(=O)C2CCN(c3ccc4nnc(C(F)(F)F)n4n3)CC2)CCCCC1. The van der Waals surface area contributed by atoms with Crippen LogP contribution in [0.5, 0.6) is 0 Å². The first-order valence-corrected chi connectivity index (χ1v) is 10.7. The normalized spacial score (nSPS) is 19.7. The van der Waals surface area contributed by atoms with Crippen molar-refractivity contribution >= 4 is 23.3 Å². The van der Waals surface area contributed by atoms with Gasteiger partial charge in [0.15, 0.2) is 5.65 Å². The standard InChI is InChI=1S/C20H25F3N6O3/c1-32-18(31)19(9-3-2-4-10-19)24-16(30)13-7-11-28(12-8-13)15-6-5-14-25-26-17(20(21,22)23)29(14)27-15/h5-6,13H,2-4,7-12H2,1H3,(H,24,30). The molecule has 2 aromatic heterocycles. The molecule has 2 fully saturated rings. The van der Waals surface area contributed by atoms with Gasteiger partial charge in [-0.15, -0.1) is 15.3 Å². The van der Waals surface area contributed by atoms with Gasteiger partial charge in [0.2, 0.25) is 5.91 Å². The maximum Gasteiger partial charge on any atom is 0.453 e. The highest BCUT2D eigenvalue weighted by molar-refractivity contribution is 5.89. The molecule has 0 unspecified atom stereocenters. The molecular formula is C20H25F3N6O3. The summed E-state index contributed by atoms with van der Waals surface area (Å²) in [6, 6.07) is 3.03.